The first kappa shape index (κ1) is 15.8. The number of amidine groups is 1. The lowest BCUT2D eigenvalue weighted by atomic mass is 9.90. The minimum absolute atomic E-state index is 0.0382. The van der Waals surface area contributed by atoms with Crippen molar-refractivity contribution in [3.63, 3.8) is 0 Å². The number of amides is 1. The normalized spacial score (nSPS) is 21.2. The second-order valence-corrected chi connectivity index (χ2v) is 5.53. The molecule has 3 N–H and O–H groups in total. The summed E-state index contributed by atoms with van der Waals surface area (Å²) in [5.74, 6) is -0.110. The van der Waals surface area contributed by atoms with Crippen molar-refractivity contribution in [1.82, 2.24) is 9.80 Å². The first-order valence-corrected chi connectivity index (χ1v) is 6.89. The number of carbonyl (C=O) groups excluding carboxylic acids is 1. The van der Waals surface area contributed by atoms with E-state index >= 15 is 0 Å². The monoisotopic (exact) mass is 270 g/mol. The van der Waals surface area contributed by atoms with Crippen LogP contribution < -0.4 is 5.73 Å². The third-order valence-electron chi connectivity index (χ3n) is 4.06. The minimum atomic E-state index is -0.951. The Balaban J connectivity index is 2.72. The van der Waals surface area contributed by atoms with Crippen molar-refractivity contribution in [2.45, 2.75) is 40.2 Å². The lowest BCUT2D eigenvalue weighted by Gasteiger charge is -2.30. The van der Waals surface area contributed by atoms with Gasteiger partial charge in [0, 0.05) is 19.1 Å². The fourth-order valence-corrected chi connectivity index (χ4v) is 2.59. The zero-order chi connectivity index (χ0) is 14.6. The van der Waals surface area contributed by atoms with Crippen LogP contribution in [0.2, 0.25) is 0 Å². The molecule has 1 atom stereocenters. The number of likely N-dealkylation sites (N-methyl/N-ethyl adjacent to an activating group) is 1. The Morgan fingerprint density at radius 3 is 2.53 bits per heavy atom. The molecule has 0 saturated carbocycles. The van der Waals surface area contributed by atoms with E-state index in [2.05, 4.69) is 23.9 Å². The van der Waals surface area contributed by atoms with Gasteiger partial charge in [-0.25, -0.2) is 0 Å². The van der Waals surface area contributed by atoms with Crippen LogP contribution in [0, 0.1) is 5.41 Å². The van der Waals surface area contributed by atoms with Gasteiger partial charge >= 0.3 is 0 Å². The molecule has 0 bridgehead atoms. The molecule has 1 aliphatic rings. The van der Waals surface area contributed by atoms with Gasteiger partial charge in [-0.3, -0.25) is 9.69 Å². The third-order valence-corrected chi connectivity index (χ3v) is 4.06. The summed E-state index contributed by atoms with van der Waals surface area (Å²) in [5.41, 5.74) is 4.66. The average Bonchev–Trinajstić information content (AvgIpc) is 2.87. The number of oxime groups is 1. The predicted molar refractivity (Wildman–Crippen MR) is 75.1 cm³/mol. The van der Waals surface area contributed by atoms with Crippen LogP contribution in [0.4, 0.5) is 0 Å². The molecule has 6 heteroatoms. The standard InChI is InChI=1S/C13H26N4O2/c1-5-16(6-2)10-7-8-17(9-10)12(18)13(3,4)11(14)15-19/h10,19H,5-9H2,1-4H3,(H2,14,15). The van der Waals surface area contributed by atoms with Gasteiger partial charge in [0.25, 0.3) is 0 Å². The molecule has 0 radical (unpaired) electrons. The van der Waals surface area contributed by atoms with Gasteiger partial charge < -0.3 is 15.8 Å². The summed E-state index contributed by atoms with van der Waals surface area (Å²) < 4.78 is 0. The predicted octanol–water partition coefficient (Wildman–Crippen LogP) is 0.702. The Morgan fingerprint density at radius 2 is 2.05 bits per heavy atom. The third kappa shape index (κ3) is 3.18. The Kier molecular flexibility index (Phi) is 5.17. The molecule has 0 aromatic rings. The molecular formula is C13H26N4O2. The molecule has 1 rings (SSSR count). The summed E-state index contributed by atoms with van der Waals surface area (Å²) in [6.45, 7) is 11.1. The largest absolute Gasteiger partial charge is 0.409 e. The van der Waals surface area contributed by atoms with Crippen molar-refractivity contribution in [2.75, 3.05) is 26.2 Å². The Bertz CT molecular complexity index is 351. The van der Waals surface area contributed by atoms with Crippen molar-refractivity contribution in [3.8, 4) is 0 Å². The Hall–Kier alpha value is -1.30. The van der Waals surface area contributed by atoms with Crippen molar-refractivity contribution < 1.29 is 10.0 Å². The molecule has 1 unspecified atom stereocenters. The van der Waals surface area contributed by atoms with E-state index < -0.39 is 5.41 Å². The summed E-state index contributed by atoms with van der Waals surface area (Å²) in [4.78, 5) is 16.6. The number of carbonyl (C=O) groups is 1. The van der Waals surface area contributed by atoms with Crippen molar-refractivity contribution in [1.29, 1.82) is 0 Å². The lowest BCUT2D eigenvalue weighted by molar-refractivity contribution is -0.136. The zero-order valence-corrected chi connectivity index (χ0v) is 12.4. The van der Waals surface area contributed by atoms with E-state index in [0.29, 0.717) is 6.04 Å². The molecule has 19 heavy (non-hydrogen) atoms. The minimum Gasteiger partial charge on any atom is -0.409 e. The first-order chi connectivity index (χ1) is 8.88. The molecule has 1 heterocycles. The first-order valence-electron chi connectivity index (χ1n) is 6.89. The second kappa shape index (κ2) is 6.23. The van der Waals surface area contributed by atoms with Gasteiger partial charge in [-0.1, -0.05) is 19.0 Å². The smallest absolute Gasteiger partial charge is 0.236 e. The van der Waals surface area contributed by atoms with Crippen LogP contribution in [0.1, 0.15) is 34.1 Å². The van der Waals surface area contributed by atoms with Gasteiger partial charge in [-0.05, 0) is 33.4 Å². The summed E-state index contributed by atoms with van der Waals surface area (Å²) in [5, 5.41) is 11.7. The van der Waals surface area contributed by atoms with Crippen LogP contribution >= 0.6 is 0 Å². The van der Waals surface area contributed by atoms with E-state index in [-0.39, 0.29) is 11.7 Å². The van der Waals surface area contributed by atoms with E-state index in [1.54, 1.807) is 13.8 Å². The van der Waals surface area contributed by atoms with Crippen LogP contribution in [-0.2, 0) is 4.79 Å². The molecule has 6 nitrogen and oxygen atoms in total. The molecule has 0 spiro atoms. The molecule has 1 aliphatic heterocycles. The zero-order valence-electron chi connectivity index (χ0n) is 12.4. The summed E-state index contributed by atoms with van der Waals surface area (Å²) in [6.07, 6.45) is 0.986. The maximum atomic E-state index is 12.4. The van der Waals surface area contributed by atoms with E-state index in [4.69, 9.17) is 10.9 Å². The molecule has 0 aromatic heterocycles. The topological polar surface area (TPSA) is 82.2 Å². The van der Waals surface area contributed by atoms with Crippen LogP contribution in [0.25, 0.3) is 0 Å². The number of likely N-dealkylation sites (tertiary alicyclic amines) is 1. The SMILES string of the molecule is CCN(CC)C1CCN(C(=O)C(C)(C)C(N)=NO)C1. The number of hydrogen-bond acceptors (Lipinski definition) is 4. The molecule has 110 valence electrons. The quantitative estimate of drug-likeness (QED) is 0.333. The van der Waals surface area contributed by atoms with Crippen molar-refractivity contribution >= 4 is 11.7 Å². The second-order valence-electron chi connectivity index (χ2n) is 5.53. The van der Waals surface area contributed by atoms with Crippen LogP contribution in [0.5, 0.6) is 0 Å². The summed E-state index contributed by atoms with van der Waals surface area (Å²) in [6, 6.07) is 0.419. The molecule has 0 aliphatic carbocycles. The van der Waals surface area contributed by atoms with Crippen LogP contribution in [0.3, 0.4) is 0 Å². The summed E-state index contributed by atoms with van der Waals surface area (Å²) >= 11 is 0. The van der Waals surface area contributed by atoms with Gasteiger partial charge in [0.1, 0.15) is 5.41 Å². The van der Waals surface area contributed by atoms with Crippen molar-refractivity contribution in [3.05, 3.63) is 0 Å². The molecule has 1 saturated heterocycles. The highest BCUT2D eigenvalue weighted by Crippen LogP contribution is 2.24. The van der Waals surface area contributed by atoms with Gasteiger partial charge in [-0.15, -0.1) is 0 Å². The van der Waals surface area contributed by atoms with Crippen LogP contribution in [0.15, 0.2) is 5.16 Å². The fraction of sp³-hybridized carbons (Fsp3) is 0.846. The average molecular weight is 270 g/mol. The van der Waals surface area contributed by atoms with E-state index in [1.165, 1.54) is 0 Å². The molecule has 1 fully saturated rings. The van der Waals surface area contributed by atoms with Crippen molar-refractivity contribution in [2.24, 2.45) is 16.3 Å². The molecule has 1 amide bonds. The van der Waals surface area contributed by atoms with Gasteiger partial charge in [0.2, 0.25) is 5.91 Å². The van der Waals surface area contributed by atoms with E-state index in [0.717, 1.165) is 32.6 Å². The maximum Gasteiger partial charge on any atom is 0.236 e. The highest BCUT2D eigenvalue weighted by Gasteiger charge is 2.39. The number of nitrogens with zero attached hydrogens (tertiary/aromatic N) is 3. The van der Waals surface area contributed by atoms with Gasteiger partial charge in [0.15, 0.2) is 5.84 Å². The van der Waals surface area contributed by atoms with E-state index in [9.17, 15) is 4.79 Å². The summed E-state index contributed by atoms with van der Waals surface area (Å²) in [7, 11) is 0. The van der Waals surface area contributed by atoms with Gasteiger partial charge in [-0.2, -0.15) is 0 Å². The molecular weight excluding hydrogens is 244 g/mol. The number of rotatable bonds is 5. The number of nitrogens with two attached hydrogens (primary N) is 1. The van der Waals surface area contributed by atoms with E-state index in [1.807, 2.05) is 4.90 Å². The van der Waals surface area contributed by atoms with Gasteiger partial charge in [0.05, 0.1) is 0 Å². The highest BCUT2D eigenvalue weighted by atomic mass is 16.4. The lowest BCUT2D eigenvalue weighted by Crippen LogP contribution is -2.48. The fourth-order valence-electron chi connectivity index (χ4n) is 2.59. The maximum absolute atomic E-state index is 12.4. The van der Waals surface area contributed by atoms with Crippen LogP contribution in [-0.4, -0.2) is 59.0 Å². The number of hydrogen-bond donors (Lipinski definition) is 2. The highest BCUT2D eigenvalue weighted by molar-refractivity contribution is 6.05. The Labute approximate surface area is 115 Å². The Morgan fingerprint density at radius 1 is 1.47 bits per heavy atom. The molecule has 0 aromatic carbocycles.